The summed E-state index contributed by atoms with van der Waals surface area (Å²) in [5.41, 5.74) is 0.720. The lowest BCUT2D eigenvalue weighted by atomic mass is 10.2. The lowest BCUT2D eigenvalue weighted by molar-refractivity contribution is 0.275. The van der Waals surface area contributed by atoms with E-state index in [9.17, 15) is 0 Å². The Bertz CT molecular complexity index is 432. The molecule has 7 heteroatoms. The zero-order valence-corrected chi connectivity index (χ0v) is 12.1. The van der Waals surface area contributed by atoms with Crippen LogP contribution in [0.4, 0.5) is 0 Å². The van der Waals surface area contributed by atoms with Crippen LogP contribution < -0.4 is 9.47 Å². The third kappa shape index (κ3) is 4.12. The van der Waals surface area contributed by atoms with Gasteiger partial charge in [-0.25, -0.2) is 0 Å². The summed E-state index contributed by atoms with van der Waals surface area (Å²) < 4.78 is 13.5. The van der Waals surface area contributed by atoms with Crippen molar-refractivity contribution in [3.63, 3.8) is 0 Å². The van der Waals surface area contributed by atoms with Crippen molar-refractivity contribution in [3.8, 4) is 11.5 Å². The van der Waals surface area contributed by atoms with Crippen molar-refractivity contribution in [1.82, 2.24) is 0 Å². The van der Waals surface area contributed by atoms with E-state index in [1.807, 2.05) is 0 Å². The van der Waals surface area contributed by atoms with Crippen molar-refractivity contribution in [3.05, 3.63) is 23.8 Å². The zero-order valence-electron chi connectivity index (χ0n) is 9.80. The Hall–Kier alpha value is -0.840. The highest BCUT2D eigenvalue weighted by molar-refractivity contribution is 6.76. The van der Waals surface area contributed by atoms with Crippen LogP contribution in [0.15, 0.2) is 18.2 Å². The van der Waals surface area contributed by atoms with E-state index in [1.165, 1.54) is 7.11 Å². The van der Waals surface area contributed by atoms with Gasteiger partial charge in [-0.2, -0.15) is 0 Å². The van der Waals surface area contributed by atoms with Crippen LogP contribution in [0.3, 0.4) is 0 Å². The molecule has 0 fully saturated rings. The number of methoxy groups -OCH3 is 2. The molecule has 1 N–H and O–H groups in total. The highest BCUT2D eigenvalue weighted by atomic mass is 35.6. The number of rotatable bonds is 4. The van der Waals surface area contributed by atoms with Crippen molar-refractivity contribution in [2.45, 2.75) is 10.4 Å². The summed E-state index contributed by atoms with van der Waals surface area (Å²) in [5, 5.41) is 7.41. The van der Waals surface area contributed by atoms with Crippen molar-refractivity contribution < 1.29 is 14.2 Å². The Morgan fingerprint density at radius 3 is 2.39 bits per heavy atom. The second-order valence-corrected chi connectivity index (χ2v) is 5.57. The van der Waals surface area contributed by atoms with Crippen molar-refractivity contribution in [2.24, 2.45) is 0 Å². The standard InChI is InChI=1S/C11H12Cl3NO3/c1-16-8-4-3-7(9(5-8)17-2)6-18-10(15)11(12,13)14/h3-5,15H,6H2,1-2H3. The quantitative estimate of drug-likeness (QED) is 0.525. The molecule has 0 heterocycles. The van der Waals surface area contributed by atoms with E-state index in [-0.39, 0.29) is 6.61 Å². The Labute approximate surface area is 120 Å². The molecule has 0 amide bonds. The summed E-state index contributed by atoms with van der Waals surface area (Å²) in [7, 11) is 3.09. The van der Waals surface area contributed by atoms with Gasteiger partial charge in [0.2, 0.25) is 5.90 Å². The molecule has 0 saturated heterocycles. The highest BCUT2D eigenvalue weighted by Gasteiger charge is 2.28. The van der Waals surface area contributed by atoms with Crippen LogP contribution in [0.5, 0.6) is 11.5 Å². The Morgan fingerprint density at radius 2 is 1.89 bits per heavy atom. The Morgan fingerprint density at radius 1 is 1.22 bits per heavy atom. The van der Waals surface area contributed by atoms with E-state index in [0.717, 1.165) is 5.56 Å². The summed E-state index contributed by atoms with van der Waals surface area (Å²) in [5.74, 6) is 0.795. The van der Waals surface area contributed by atoms with Crippen LogP contribution in [-0.4, -0.2) is 23.9 Å². The van der Waals surface area contributed by atoms with E-state index in [1.54, 1.807) is 25.3 Å². The molecule has 4 nitrogen and oxygen atoms in total. The highest BCUT2D eigenvalue weighted by Crippen LogP contribution is 2.30. The fraction of sp³-hybridized carbons (Fsp3) is 0.364. The zero-order chi connectivity index (χ0) is 13.8. The minimum atomic E-state index is -1.86. The average molecular weight is 313 g/mol. The summed E-state index contributed by atoms with van der Waals surface area (Å²) in [6, 6.07) is 5.21. The average Bonchev–Trinajstić information content (AvgIpc) is 2.34. The Balaban J connectivity index is 2.76. The molecule has 0 spiro atoms. The minimum absolute atomic E-state index is 0.0694. The third-order valence-electron chi connectivity index (χ3n) is 2.12. The van der Waals surface area contributed by atoms with Crippen LogP contribution >= 0.6 is 34.8 Å². The van der Waals surface area contributed by atoms with Gasteiger partial charge in [-0.15, -0.1) is 0 Å². The molecule has 1 rings (SSSR count). The fourth-order valence-electron chi connectivity index (χ4n) is 1.20. The summed E-state index contributed by atoms with van der Waals surface area (Å²) in [6.45, 7) is 0.0694. The van der Waals surface area contributed by atoms with Crippen molar-refractivity contribution >= 4 is 40.7 Å². The molecule has 0 aromatic heterocycles. The van der Waals surface area contributed by atoms with E-state index in [4.69, 9.17) is 54.4 Å². The first-order valence-electron chi connectivity index (χ1n) is 4.88. The molecule has 0 aliphatic rings. The molecule has 1 aromatic carbocycles. The second kappa shape index (κ2) is 6.36. The number of hydrogen-bond donors (Lipinski definition) is 1. The lowest BCUT2D eigenvalue weighted by Gasteiger charge is -2.15. The topological polar surface area (TPSA) is 51.5 Å². The van der Waals surface area contributed by atoms with Crippen LogP contribution in [0, 0.1) is 5.41 Å². The molecule has 0 atom stereocenters. The monoisotopic (exact) mass is 311 g/mol. The second-order valence-electron chi connectivity index (χ2n) is 3.29. The predicted molar refractivity (Wildman–Crippen MR) is 72.4 cm³/mol. The first-order chi connectivity index (χ1) is 8.38. The van der Waals surface area contributed by atoms with E-state index < -0.39 is 9.69 Å². The summed E-state index contributed by atoms with van der Waals surface area (Å²) in [6.07, 6.45) is 0. The van der Waals surface area contributed by atoms with Gasteiger partial charge in [0.1, 0.15) is 18.1 Å². The van der Waals surface area contributed by atoms with Gasteiger partial charge in [-0.05, 0) is 12.1 Å². The lowest BCUT2D eigenvalue weighted by Crippen LogP contribution is -2.21. The largest absolute Gasteiger partial charge is 0.497 e. The molecule has 0 aliphatic heterocycles. The van der Waals surface area contributed by atoms with Gasteiger partial charge in [0.15, 0.2) is 0 Å². The van der Waals surface area contributed by atoms with E-state index >= 15 is 0 Å². The third-order valence-corrected chi connectivity index (χ3v) is 2.64. The molecule has 0 radical (unpaired) electrons. The molecule has 18 heavy (non-hydrogen) atoms. The number of alkyl halides is 3. The molecule has 0 bridgehead atoms. The van der Waals surface area contributed by atoms with Crippen LogP contribution in [-0.2, 0) is 11.3 Å². The number of halogens is 3. The first kappa shape index (κ1) is 15.2. The maximum Gasteiger partial charge on any atom is 0.265 e. The van der Waals surface area contributed by atoms with Crippen molar-refractivity contribution in [2.75, 3.05) is 14.2 Å². The molecule has 0 unspecified atom stereocenters. The minimum Gasteiger partial charge on any atom is -0.497 e. The smallest absolute Gasteiger partial charge is 0.265 e. The maximum absolute atomic E-state index is 7.41. The molecular formula is C11H12Cl3NO3. The molecule has 0 saturated carbocycles. The Kier molecular flexibility index (Phi) is 5.38. The summed E-state index contributed by atoms with van der Waals surface area (Å²) in [4.78, 5) is 0. The number of nitrogens with one attached hydrogen (secondary N) is 1. The number of hydrogen-bond acceptors (Lipinski definition) is 4. The van der Waals surface area contributed by atoms with E-state index in [0.29, 0.717) is 11.5 Å². The van der Waals surface area contributed by atoms with Gasteiger partial charge in [0.05, 0.1) is 14.2 Å². The van der Waals surface area contributed by atoms with Gasteiger partial charge in [0, 0.05) is 11.6 Å². The van der Waals surface area contributed by atoms with Crippen molar-refractivity contribution in [1.29, 1.82) is 5.41 Å². The maximum atomic E-state index is 7.41. The molecule has 0 aliphatic carbocycles. The normalized spacial score (nSPS) is 10.9. The van der Waals surface area contributed by atoms with Gasteiger partial charge in [-0.1, -0.05) is 34.8 Å². The molecular weight excluding hydrogens is 300 g/mol. The van der Waals surface area contributed by atoms with Gasteiger partial charge < -0.3 is 14.2 Å². The van der Waals surface area contributed by atoms with Gasteiger partial charge >= 0.3 is 0 Å². The SMILES string of the molecule is COc1ccc(COC(=N)C(Cl)(Cl)Cl)c(OC)c1. The van der Waals surface area contributed by atoms with Crippen LogP contribution in [0.25, 0.3) is 0 Å². The predicted octanol–water partition coefficient (Wildman–Crippen LogP) is 3.57. The summed E-state index contributed by atoms with van der Waals surface area (Å²) >= 11 is 16.5. The van der Waals surface area contributed by atoms with Gasteiger partial charge in [-0.3, -0.25) is 5.41 Å². The molecule has 1 aromatic rings. The fourth-order valence-corrected chi connectivity index (χ4v) is 1.37. The van der Waals surface area contributed by atoms with E-state index in [2.05, 4.69) is 0 Å². The molecule has 100 valence electrons. The first-order valence-corrected chi connectivity index (χ1v) is 6.01. The number of benzene rings is 1. The van der Waals surface area contributed by atoms with Crippen LogP contribution in [0.2, 0.25) is 0 Å². The number of ether oxygens (including phenoxy) is 3. The van der Waals surface area contributed by atoms with Gasteiger partial charge in [0.25, 0.3) is 3.79 Å². The van der Waals surface area contributed by atoms with Crippen LogP contribution in [0.1, 0.15) is 5.56 Å².